The molecule has 0 saturated carbocycles. The Kier molecular flexibility index (Phi) is 5.23. The summed E-state index contributed by atoms with van der Waals surface area (Å²) in [6.07, 6.45) is 0. The number of aliphatic hydroxyl groups excluding tert-OH is 1. The van der Waals surface area contributed by atoms with Crippen LogP contribution in [0.1, 0.15) is 24.1 Å². The molecule has 1 aliphatic heterocycles. The van der Waals surface area contributed by atoms with E-state index in [2.05, 4.69) is 0 Å². The second-order valence-electron chi connectivity index (χ2n) is 6.64. The van der Waals surface area contributed by atoms with E-state index in [-0.39, 0.29) is 23.6 Å². The molecule has 1 saturated heterocycles. The van der Waals surface area contributed by atoms with Gasteiger partial charge in [0.1, 0.15) is 5.76 Å². The molecule has 1 heterocycles. The van der Waals surface area contributed by atoms with Crippen molar-refractivity contribution in [3.8, 4) is 0 Å². The normalized spacial score (nSPS) is 19.6. The number of aliphatic hydroxyl groups is 1. The first kappa shape index (κ1) is 19.2. The predicted molar refractivity (Wildman–Crippen MR) is 102 cm³/mol. The van der Waals surface area contributed by atoms with Crippen molar-refractivity contribution < 1.29 is 19.6 Å². The highest BCUT2D eigenvalue weighted by atomic mass is 16.6. The van der Waals surface area contributed by atoms with Gasteiger partial charge in [0, 0.05) is 30.3 Å². The molecular formula is C20H19N3O5. The molecule has 8 nitrogen and oxygen atoms in total. The quantitative estimate of drug-likeness (QED) is 0.269. The van der Waals surface area contributed by atoms with E-state index in [1.54, 1.807) is 37.3 Å². The monoisotopic (exact) mass is 381 g/mol. The molecule has 0 radical (unpaired) electrons. The standard InChI is InChI=1S/C20H19N3O5/c1-12(21)11-22-17(13-7-9-15(10-8-13)23(27)28)16(19(25)20(22)26)18(24)14-5-3-2-4-6-14/h2-10,12,17,24H,11,21H2,1H3/t12-,17+/m0/s1. The Morgan fingerprint density at radius 2 is 1.79 bits per heavy atom. The van der Waals surface area contributed by atoms with Crippen molar-refractivity contribution in [3.05, 3.63) is 81.4 Å². The molecule has 3 N–H and O–H groups in total. The van der Waals surface area contributed by atoms with Gasteiger partial charge in [-0.1, -0.05) is 30.3 Å². The molecule has 144 valence electrons. The molecule has 0 bridgehead atoms. The van der Waals surface area contributed by atoms with Crippen LogP contribution in [-0.2, 0) is 9.59 Å². The SMILES string of the molecule is C[C@H](N)CN1C(=O)C(=O)C(=C(O)c2ccccc2)[C@H]1c1ccc([N+](=O)[O-])cc1. The Labute approximate surface area is 161 Å². The summed E-state index contributed by atoms with van der Waals surface area (Å²) in [4.78, 5) is 37.0. The number of ketones is 1. The first-order valence-electron chi connectivity index (χ1n) is 8.65. The minimum atomic E-state index is -0.882. The fraction of sp³-hybridized carbons (Fsp3) is 0.200. The van der Waals surface area contributed by atoms with Gasteiger partial charge in [0.15, 0.2) is 0 Å². The van der Waals surface area contributed by atoms with Crippen molar-refractivity contribution >= 4 is 23.1 Å². The number of likely N-dealkylation sites (tertiary alicyclic amines) is 1. The number of nitrogens with zero attached hydrogens (tertiary/aromatic N) is 2. The Hall–Kier alpha value is -3.52. The number of non-ortho nitro benzene ring substituents is 1. The lowest BCUT2D eigenvalue weighted by Crippen LogP contribution is -2.38. The summed E-state index contributed by atoms with van der Waals surface area (Å²) in [5, 5.41) is 21.7. The average molecular weight is 381 g/mol. The fourth-order valence-corrected chi connectivity index (χ4v) is 3.25. The Morgan fingerprint density at radius 3 is 2.32 bits per heavy atom. The van der Waals surface area contributed by atoms with Crippen LogP contribution in [0.25, 0.3) is 5.76 Å². The number of carbonyl (C=O) groups excluding carboxylic acids is 2. The largest absolute Gasteiger partial charge is 0.507 e. The van der Waals surface area contributed by atoms with E-state index >= 15 is 0 Å². The lowest BCUT2D eigenvalue weighted by Gasteiger charge is -2.26. The van der Waals surface area contributed by atoms with Crippen molar-refractivity contribution in [1.82, 2.24) is 4.90 Å². The number of benzene rings is 2. The van der Waals surface area contributed by atoms with Crippen molar-refractivity contribution in [2.24, 2.45) is 5.73 Å². The first-order valence-corrected chi connectivity index (χ1v) is 8.65. The van der Waals surface area contributed by atoms with Crippen molar-refractivity contribution in [3.63, 3.8) is 0 Å². The molecule has 8 heteroatoms. The topological polar surface area (TPSA) is 127 Å². The third-order valence-corrected chi connectivity index (χ3v) is 4.49. The number of Topliss-reactive ketones (excluding diaryl/α,β-unsaturated/α-hetero) is 1. The zero-order valence-electron chi connectivity index (χ0n) is 15.1. The Morgan fingerprint density at radius 1 is 1.18 bits per heavy atom. The highest BCUT2D eigenvalue weighted by Gasteiger charge is 2.46. The molecule has 1 aliphatic rings. The Balaban J connectivity index is 2.16. The highest BCUT2D eigenvalue weighted by Crippen LogP contribution is 2.39. The maximum Gasteiger partial charge on any atom is 0.295 e. The second-order valence-corrected chi connectivity index (χ2v) is 6.64. The number of hydrogen-bond donors (Lipinski definition) is 2. The minimum Gasteiger partial charge on any atom is -0.507 e. The van der Waals surface area contributed by atoms with Crippen LogP contribution in [0.5, 0.6) is 0 Å². The van der Waals surface area contributed by atoms with E-state index in [0.717, 1.165) is 0 Å². The van der Waals surface area contributed by atoms with E-state index in [0.29, 0.717) is 11.1 Å². The van der Waals surface area contributed by atoms with Crippen molar-refractivity contribution in [2.75, 3.05) is 6.54 Å². The van der Waals surface area contributed by atoms with E-state index in [4.69, 9.17) is 5.73 Å². The summed E-state index contributed by atoms with van der Waals surface area (Å²) >= 11 is 0. The molecule has 2 aromatic carbocycles. The van der Waals surface area contributed by atoms with Gasteiger partial charge in [-0.2, -0.15) is 0 Å². The van der Waals surface area contributed by atoms with Gasteiger partial charge in [0.05, 0.1) is 16.5 Å². The van der Waals surface area contributed by atoms with Crippen molar-refractivity contribution in [1.29, 1.82) is 0 Å². The summed E-state index contributed by atoms with van der Waals surface area (Å²) in [5.41, 5.74) is 6.54. The van der Waals surface area contributed by atoms with E-state index in [1.807, 2.05) is 0 Å². The molecule has 2 atom stereocenters. The lowest BCUT2D eigenvalue weighted by molar-refractivity contribution is -0.384. The number of nitro benzene ring substituents is 1. The first-order chi connectivity index (χ1) is 13.3. The predicted octanol–water partition coefficient (Wildman–Crippen LogP) is 2.36. The molecule has 0 aliphatic carbocycles. The van der Waals surface area contributed by atoms with Gasteiger partial charge in [-0.3, -0.25) is 19.7 Å². The number of hydrogen-bond acceptors (Lipinski definition) is 6. The summed E-state index contributed by atoms with van der Waals surface area (Å²) in [6, 6.07) is 12.7. The van der Waals surface area contributed by atoms with Crippen molar-refractivity contribution in [2.45, 2.75) is 19.0 Å². The third kappa shape index (κ3) is 3.49. The van der Waals surface area contributed by atoms with Crippen LogP contribution in [0.4, 0.5) is 5.69 Å². The average Bonchev–Trinajstić information content (AvgIpc) is 2.92. The van der Waals surface area contributed by atoms with Crippen LogP contribution in [0.2, 0.25) is 0 Å². The summed E-state index contributed by atoms with van der Waals surface area (Å²) in [6.45, 7) is 1.79. The number of rotatable bonds is 5. The second kappa shape index (κ2) is 7.61. The summed E-state index contributed by atoms with van der Waals surface area (Å²) < 4.78 is 0. The smallest absolute Gasteiger partial charge is 0.295 e. The van der Waals surface area contributed by atoms with Crippen LogP contribution in [0.3, 0.4) is 0 Å². The van der Waals surface area contributed by atoms with Gasteiger partial charge in [-0.05, 0) is 24.6 Å². The number of carbonyl (C=O) groups is 2. The number of nitro groups is 1. The molecule has 2 aromatic rings. The van der Waals surface area contributed by atoms with Gasteiger partial charge < -0.3 is 15.7 Å². The van der Waals surface area contributed by atoms with E-state index in [1.165, 1.54) is 29.2 Å². The zero-order valence-corrected chi connectivity index (χ0v) is 15.1. The fourth-order valence-electron chi connectivity index (χ4n) is 3.25. The van der Waals surface area contributed by atoms with E-state index < -0.39 is 28.7 Å². The number of nitrogens with two attached hydrogens (primary N) is 1. The van der Waals surface area contributed by atoms with Gasteiger partial charge >= 0.3 is 0 Å². The molecule has 28 heavy (non-hydrogen) atoms. The maximum atomic E-state index is 12.7. The highest BCUT2D eigenvalue weighted by molar-refractivity contribution is 6.46. The van der Waals surface area contributed by atoms with Gasteiger partial charge in [-0.15, -0.1) is 0 Å². The Bertz CT molecular complexity index is 952. The molecular weight excluding hydrogens is 362 g/mol. The third-order valence-electron chi connectivity index (χ3n) is 4.49. The van der Waals surface area contributed by atoms with Gasteiger partial charge in [0.25, 0.3) is 17.4 Å². The maximum absolute atomic E-state index is 12.7. The molecule has 3 rings (SSSR count). The van der Waals surface area contributed by atoms with Crippen LogP contribution in [0, 0.1) is 10.1 Å². The minimum absolute atomic E-state index is 0.0642. The van der Waals surface area contributed by atoms with E-state index in [9.17, 15) is 24.8 Å². The molecule has 1 fully saturated rings. The molecule has 1 amide bonds. The van der Waals surface area contributed by atoms with Gasteiger partial charge in [0.2, 0.25) is 0 Å². The van der Waals surface area contributed by atoms with Crippen LogP contribution >= 0.6 is 0 Å². The van der Waals surface area contributed by atoms with Crippen LogP contribution < -0.4 is 5.73 Å². The zero-order chi connectivity index (χ0) is 20.4. The summed E-state index contributed by atoms with van der Waals surface area (Å²) in [5.74, 6) is -1.88. The molecule has 0 aromatic heterocycles. The lowest BCUT2D eigenvalue weighted by atomic mass is 9.95. The molecule has 0 unspecified atom stereocenters. The van der Waals surface area contributed by atoms with Crippen LogP contribution in [-0.4, -0.2) is 39.2 Å². The summed E-state index contributed by atoms with van der Waals surface area (Å²) in [7, 11) is 0. The van der Waals surface area contributed by atoms with Gasteiger partial charge in [-0.25, -0.2) is 0 Å². The van der Waals surface area contributed by atoms with Crippen LogP contribution in [0.15, 0.2) is 60.2 Å². The number of amides is 1. The molecule has 0 spiro atoms.